The number of benzene rings is 1. The largest absolute Gasteiger partial charge is 0.321 e. The third kappa shape index (κ3) is 5.89. The number of aromatic nitrogens is 1. The van der Waals surface area contributed by atoms with Crippen LogP contribution in [0.1, 0.15) is 65.7 Å². The number of amides is 2. The summed E-state index contributed by atoms with van der Waals surface area (Å²) >= 11 is 1.21. The first-order valence-electron chi connectivity index (χ1n) is 10.6. The Morgan fingerprint density at radius 1 is 1.03 bits per heavy atom. The van der Waals surface area contributed by atoms with E-state index in [0.29, 0.717) is 15.7 Å². The Labute approximate surface area is 184 Å². The molecule has 1 atom stereocenters. The number of aryl methyl sites for hydroxylation is 4. The van der Waals surface area contributed by atoms with Gasteiger partial charge in [-0.3, -0.25) is 14.5 Å². The number of carbonyl (C=O) groups is 2. The van der Waals surface area contributed by atoms with Crippen molar-refractivity contribution in [2.45, 2.75) is 67.3 Å². The zero-order chi connectivity index (χ0) is 22.4. The Morgan fingerprint density at radius 2 is 1.60 bits per heavy atom. The van der Waals surface area contributed by atoms with Gasteiger partial charge in [0.2, 0.25) is 5.91 Å². The number of hydrogen-bond donors (Lipinski definition) is 2. The molecule has 2 rings (SSSR count). The first kappa shape index (κ1) is 24.0. The number of anilines is 2. The topological polar surface area (TPSA) is 74.3 Å². The van der Waals surface area contributed by atoms with Crippen molar-refractivity contribution in [2.75, 3.05) is 23.7 Å². The molecule has 2 amide bonds. The van der Waals surface area contributed by atoms with Gasteiger partial charge in [-0.05, 0) is 71.7 Å². The lowest BCUT2D eigenvalue weighted by molar-refractivity contribution is -0.120. The van der Waals surface area contributed by atoms with Crippen molar-refractivity contribution in [3.8, 4) is 0 Å². The van der Waals surface area contributed by atoms with Gasteiger partial charge in [0.1, 0.15) is 4.88 Å². The van der Waals surface area contributed by atoms with Gasteiger partial charge in [0, 0.05) is 5.69 Å². The van der Waals surface area contributed by atoms with E-state index in [2.05, 4.69) is 34.4 Å². The molecule has 2 aromatic rings. The van der Waals surface area contributed by atoms with E-state index in [1.165, 1.54) is 11.3 Å². The molecule has 1 aromatic carbocycles. The van der Waals surface area contributed by atoms with Crippen LogP contribution in [0.2, 0.25) is 0 Å². The highest BCUT2D eigenvalue weighted by Crippen LogP contribution is 2.27. The Kier molecular flexibility index (Phi) is 8.55. The Balaban J connectivity index is 2.13. The molecule has 0 saturated carbocycles. The van der Waals surface area contributed by atoms with Crippen LogP contribution in [-0.4, -0.2) is 40.8 Å². The lowest BCUT2D eigenvalue weighted by atomic mass is 10.1. The standard InChI is InChI=1S/C23H34N4O2S/c1-8-10-27(11-9-2)18(7)21(28)26-23-24-17(6)20(30-23)22(29)25-19-15(4)12-14(3)13-16(19)5/h12-13,18H,8-11H2,1-7H3,(H,25,29)(H,24,26,28)/t18-/m0/s1. The molecular weight excluding hydrogens is 396 g/mol. The average molecular weight is 431 g/mol. The van der Waals surface area contributed by atoms with Crippen LogP contribution in [-0.2, 0) is 4.79 Å². The number of hydrogen-bond acceptors (Lipinski definition) is 5. The summed E-state index contributed by atoms with van der Waals surface area (Å²) in [5, 5.41) is 6.37. The van der Waals surface area contributed by atoms with Crippen LogP contribution >= 0.6 is 11.3 Å². The molecule has 0 aliphatic heterocycles. The molecule has 1 aromatic heterocycles. The van der Waals surface area contributed by atoms with Gasteiger partial charge in [0.05, 0.1) is 11.7 Å². The zero-order valence-electron chi connectivity index (χ0n) is 19.2. The smallest absolute Gasteiger partial charge is 0.267 e. The molecule has 0 aliphatic carbocycles. The third-order valence-electron chi connectivity index (χ3n) is 5.10. The first-order valence-corrected chi connectivity index (χ1v) is 11.4. The second kappa shape index (κ2) is 10.7. The Hall–Kier alpha value is -2.25. The molecular formula is C23H34N4O2S. The maximum atomic E-state index is 12.9. The predicted octanol–water partition coefficient (Wildman–Crippen LogP) is 5.08. The monoisotopic (exact) mass is 430 g/mol. The fourth-order valence-electron chi connectivity index (χ4n) is 3.66. The highest BCUT2D eigenvalue weighted by molar-refractivity contribution is 7.17. The second-order valence-corrected chi connectivity index (χ2v) is 8.86. The molecule has 30 heavy (non-hydrogen) atoms. The summed E-state index contributed by atoms with van der Waals surface area (Å²) in [7, 11) is 0. The minimum atomic E-state index is -0.246. The van der Waals surface area contributed by atoms with Crippen molar-refractivity contribution < 1.29 is 9.59 Å². The molecule has 0 bridgehead atoms. The Bertz CT molecular complexity index is 878. The summed E-state index contributed by atoms with van der Waals surface area (Å²) in [6.45, 7) is 15.7. The van der Waals surface area contributed by atoms with Crippen LogP contribution in [0.15, 0.2) is 12.1 Å². The summed E-state index contributed by atoms with van der Waals surface area (Å²) in [6, 6.07) is 3.85. The molecule has 0 fully saturated rings. The molecule has 0 saturated heterocycles. The van der Waals surface area contributed by atoms with Crippen molar-refractivity contribution >= 4 is 34.0 Å². The van der Waals surface area contributed by atoms with Gasteiger partial charge in [-0.1, -0.05) is 42.9 Å². The van der Waals surface area contributed by atoms with Gasteiger partial charge in [-0.2, -0.15) is 0 Å². The number of nitrogens with one attached hydrogen (secondary N) is 2. The first-order chi connectivity index (χ1) is 14.2. The van der Waals surface area contributed by atoms with Crippen LogP contribution in [0.3, 0.4) is 0 Å². The summed E-state index contributed by atoms with van der Waals surface area (Å²) in [5.41, 5.74) is 4.65. The fourth-order valence-corrected chi connectivity index (χ4v) is 4.52. The minimum Gasteiger partial charge on any atom is -0.321 e. The highest BCUT2D eigenvalue weighted by atomic mass is 32.1. The van der Waals surface area contributed by atoms with E-state index >= 15 is 0 Å². The Morgan fingerprint density at radius 3 is 2.13 bits per heavy atom. The van der Waals surface area contributed by atoms with Gasteiger partial charge in [0.15, 0.2) is 5.13 Å². The van der Waals surface area contributed by atoms with E-state index in [0.717, 1.165) is 48.3 Å². The van der Waals surface area contributed by atoms with Crippen molar-refractivity contribution in [1.82, 2.24) is 9.88 Å². The van der Waals surface area contributed by atoms with Gasteiger partial charge in [-0.25, -0.2) is 4.98 Å². The van der Waals surface area contributed by atoms with E-state index in [1.54, 1.807) is 6.92 Å². The van der Waals surface area contributed by atoms with Crippen molar-refractivity contribution in [3.05, 3.63) is 39.4 Å². The van der Waals surface area contributed by atoms with E-state index in [9.17, 15) is 9.59 Å². The molecule has 6 nitrogen and oxygen atoms in total. The van der Waals surface area contributed by atoms with Crippen molar-refractivity contribution in [2.24, 2.45) is 0 Å². The lowest BCUT2D eigenvalue weighted by Gasteiger charge is -2.27. The van der Waals surface area contributed by atoms with Gasteiger partial charge in [0.25, 0.3) is 5.91 Å². The fraction of sp³-hybridized carbons (Fsp3) is 0.522. The number of nitrogens with zero attached hydrogens (tertiary/aromatic N) is 2. The van der Waals surface area contributed by atoms with E-state index < -0.39 is 0 Å². The van der Waals surface area contributed by atoms with Crippen molar-refractivity contribution in [1.29, 1.82) is 0 Å². The SMILES string of the molecule is CCCN(CCC)[C@@H](C)C(=O)Nc1nc(C)c(C(=O)Nc2c(C)cc(C)cc2C)s1. The quantitative estimate of drug-likeness (QED) is 0.582. The van der Waals surface area contributed by atoms with Crippen LogP contribution in [0, 0.1) is 27.7 Å². The molecule has 164 valence electrons. The predicted molar refractivity (Wildman–Crippen MR) is 126 cm³/mol. The van der Waals surface area contributed by atoms with Gasteiger partial charge >= 0.3 is 0 Å². The third-order valence-corrected chi connectivity index (χ3v) is 6.17. The number of rotatable bonds is 9. The molecule has 7 heteroatoms. The van der Waals surface area contributed by atoms with Gasteiger partial charge in [-0.15, -0.1) is 0 Å². The number of carbonyl (C=O) groups excluding carboxylic acids is 2. The summed E-state index contributed by atoms with van der Waals surface area (Å²) in [6.07, 6.45) is 1.99. The highest BCUT2D eigenvalue weighted by Gasteiger charge is 2.23. The van der Waals surface area contributed by atoms with E-state index in [-0.39, 0.29) is 17.9 Å². The van der Waals surface area contributed by atoms with Gasteiger partial charge < -0.3 is 10.6 Å². The molecule has 2 N–H and O–H groups in total. The van der Waals surface area contributed by atoms with Crippen molar-refractivity contribution in [3.63, 3.8) is 0 Å². The molecule has 0 spiro atoms. The van der Waals surface area contributed by atoms with Crippen LogP contribution in [0.4, 0.5) is 10.8 Å². The van der Waals surface area contributed by atoms with E-state index in [4.69, 9.17) is 0 Å². The second-order valence-electron chi connectivity index (χ2n) is 7.86. The van der Waals surface area contributed by atoms with E-state index in [1.807, 2.05) is 39.8 Å². The molecule has 1 heterocycles. The normalized spacial score (nSPS) is 12.1. The maximum Gasteiger partial charge on any atom is 0.267 e. The zero-order valence-corrected chi connectivity index (χ0v) is 20.0. The minimum absolute atomic E-state index is 0.0946. The molecule has 0 unspecified atom stereocenters. The van der Waals surface area contributed by atoms with Crippen LogP contribution in [0.5, 0.6) is 0 Å². The maximum absolute atomic E-state index is 12.9. The van der Waals surface area contributed by atoms with Crippen LogP contribution in [0.25, 0.3) is 0 Å². The summed E-state index contributed by atoms with van der Waals surface area (Å²) in [5.74, 6) is -0.296. The molecule has 0 aliphatic rings. The lowest BCUT2D eigenvalue weighted by Crippen LogP contribution is -2.42. The van der Waals surface area contributed by atoms with Crippen LogP contribution < -0.4 is 10.6 Å². The number of thiazole rings is 1. The average Bonchev–Trinajstić information content (AvgIpc) is 3.03. The molecule has 0 radical (unpaired) electrons. The summed E-state index contributed by atoms with van der Waals surface area (Å²) in [4.78, 5) is 32.7. The summed E-state index contributed by atoms with van der Waals surface area (Å²) < 4.78 is 0.